The molecule has 2 amide bonds. The van der Waals surface area contributed by atoms with Crippen molar-refractivity contribution in [3.8, 4) is 0 Å². The molecule has 4 rings (SSSR count). The lowest BCUT2D eigenvalue weighted by molar-refractivity contribution is -0.139. The van der Waals surface area contributed by atoms with Crippen LogP contribution in [0.5, 0.6) is 0 Å². The lowest BCUT2D eigenvalue weighted by Gasteiger charge is -2.32. The van der Waals surface area contributed by atoms with Crippen molar-refractivity contribution in [3.63, 3.8) is 0 Å². The third-order valence-electron chi connectivity index (χ3n) is 7.22. The van der Waals surface area contributed by atoms with E-state index in [1.54, 1.807) is 11.8 Å². The number of amides is 2. The summed E-state index contributed by atoms with van der Waals surface area (Å²) >= 11 is 1.62. The molecule has 1 aliphatic carbocycles. The molecule has 0 saturated heterocycles. The quantitative estimate of drug-likeness (QED) is 0.307. The molecule has 1 saturated carbocycles. The van der Waals surface area contributed by atoms with E-state index in [4.69, 9.17) is 0 Å². The van der Waals surface area contributed by atoms with E-state index >= 15 is 0 Å². The molecule has 0 radical (unpaired) electrons. The number of nitrogens with one attached hydrogen (secondary N) is 1. The van der Waals surface area contributed by atoms with Gasteiger partial charge < -0.3 is 10.2 Å². The Morgan fingerprint density at radius 3 is 2.16 bits per heavy atom. The van der Waals surface area contributed by atoms with Crippen molar-refractivity contribution in [2.75, 3.05) is 5.75 Å². The van der Waals surface area contributed by atoms with Crippen LogP contribution in [0.15, 0.2) is 72.8 Å². The fraction of sp³-hybridized carbons (Fsp3) is 0.394. The van der Waals surface area contributed by atoms with Crippen LogP contribution in [-0.4, -0.2) is 34.6 Å². The van der Waals surface area contributed by atoms with E-state index in [0.717, 1.165) is 42.6 Å². The van der Waals surface area contributed by atoms with Crippen molar-refractivity contribution < 1.29 is 9.59 Å². The van der Waals surface area contributed by atoms with Gasteiger partial charge in [0.25, 0.3) is 0 Å². The van der Waals surface area contributed by atoms with Crippen LogP contribution in [0.2, 0.25) is 0 Å². The van der Waals surface area contributed by atoms with Gasteiger partial charge in [0.05, 0.1) is 5.75 Å². The van der Waals surface area contributed by atoms with Crippen molar-refractivity contribution in [2.24, 2.45) is 0 Å². The summed E-state index contributed by atoms with van der Waals surface area (Å²) < 4.78 is 0. The van der Waals surface area contributed by atoms with Gasteiger partial charge in [0.1, 0.15) is 6.04 Å². The molecule has 5 heteroatoms. The van der Waals surface area contributed by atoms with Crippen LogP contribution < -0.4 is 5.32 Å². The second kappa shape index (κ2) is 13.7. The maximum atomic E-state index is 13.8. The first-order valence-electron chi connectivity index (χ1n) is 13.7. The van der Waals surface area contributed by atoms with Crippen LogP contribution in [0.1, 0.15) is 59.1 Å². The molecule has 1 N–H and O–H groups in total. The number of aryl methyl sites for hydroxylation is 3. The summed E-state index contributed by atoms with van der Waals surface area (Å²) in [6.07, 6.45) is 4.83. The van der Waals surface area contributed by atoms with Crippen molar-refractivity contribution in [2.45, 2.75) is 77.3 Å². The fourth-order valence-electron chi connectivity index (χ4n) is 5.30. The summed E-state index contributed by atoms with van der Waals surface area (Å²) in [6, 6.07) is 24.5. The Hall–Kier alpha value is -3.05. The molecule has 1 fully saturated rings. The Balaban J connectivity index is 1.56. The molecule has 0 spiro atoms. The Morgan fingerprint density at radius 2 is 1.50 bits per heavy atom. The van der Waals surface area contributed by atoms with Gasteiger partial charge in [-0.3, -0.25) is 9.59 Å². The zero-order valence-corrected chi connectivity index (χ0v) is 23.7. The zero-order valence-electron chi connectivity index (χ0n) is 22.9. The Morgan fingerprint density at radius 1 is 0.842 bits per heavy atom. The first-order valence-corrected chi connectivity index (χ1v) is 14.9. The van der Waals surface area contributed by atoms with Gasteiger partial charge in [-0.1, -0.05) is 102 Å². The Bertz CT molecular complexity index is 1180. The maximum Gasteiger partial charge on any atom is 0.243 e. The minimum absolute atomic E-state index is 0.00227. The molecule has 38 heavy (non-hydrogen) atoms. The monoisotopic (exact) mass is 528 g/mol. The summed E-state index contributed by atoms with van der Waals surface area (Å²) in [7, 11) is 0. The second-order valence-corrected chi connectivity index (χ2v) is 11.7. The van der Waals surface area contributed by atoms with Crippen LogP contribution in [-0.2, 0) is 28.3 Å². The van der Waals surface area contributed by atoms with Gasteiger partial charge in [0, 0.05) is 24.8 Å². The van der Waals surface area contributed by atoms with E-state index in [0.29, 0.717) is 18.7 Å². The van der Waals surface area contributed by atoms with Crippen LogP contribution in [0.4, 0.5) is 0 Å². The van der Waals surface area contributed by atoms with Gasteiger partial charge in [-0.25, -0.2) is 0 Å². The number of rotatable bonds is 11. The Labute approximate surface area is 232 Å². The lowest BCUT2D eigenvalue weighted by atomic mass is 10.0. The number of benzene rings is 3. The average molecular weight is 529 g/mol. The molecule has 0 aliphatic heterocycles. The standard InChI is InChI=1S/C33H40N2O2S/c1-24-13-15-28(16-14-24)21-35(32(36)23-38-22-29-18-25(2)17-26(3)19-29)31(20-27-9-5-4-6-10-27)33(37)34-30-11-7-8-12-30/h4-6,9-10,13-19,30-31H,7-8,11-12,20-23H2,1-3H3,(H,34,37)/t31-/m0/s1. The highest BCUT2D eigenvalue weighted by Crippen LogP contribution is 2.22. The molecular weight excluding hydrogens is 488 g/mol. The SMILES string of the molecule is Cc1ccc(CN(C(=O)CSCc2cc(C)cc(C)c2)[C@@H](Cc2ccccc2)C(=O)NC2CCCC2)cc1. The van der Waals surface area contributed by atoms with Crippen LogP contribution in [0.3, 0.4) is 0 Å². The van der Waals surface area contributed by atoms with Gasteiger partial charge in [0.15, 0.2) is 0 Å². The smallest absolute Gasteiger partial charge is 0.243 e. The molecule has 3 aromatic rings. The molecule has 0 aromatic heterocycles. The van der Waals surface area contributed by atoms with Crippen molar-refractivity contribution in [1.82, 2.24) is 10.2 Å². The first-order chi connectivity index (χ1) is 18.4. The third kappa shape index (κ3) is 8.22. The number of nitrogens with zero attached hydrogens (tertiary/aromatic N) is 1. The number of hydrogen-bond acceptors (Lipinski definition) is 3. The fourth-order valence-corrected chi connectivity index (χ4v) is 6.15. The van der Waals surface area contributed by atoms with Crippen molar-refractivity contribution in [3.05, 3.63) is 106 Å². The van der Waals surface area contributed by atoms with Gasteiger partial charge in [0.2, 0.25) is 11.8 Å². The highest BCUT2D eigenvalue weighted by atomic mass is 32.2. The molecule has 3 aromatic carbocycles. The van der Waals surface area contributed by atoms with Gasteiger partial charge in [-0.05, 0) is 50.3 Å². The van der Waals surface area contributed by atoms with Crippen LogP contribution in [0, 0.1) is 20.8 Å². The van der Waals surface area contributed by atoms with E-state index in [2.05, 4.69) is 68.6 Å². The topological polar surface area (TPSA) is 49.4 Å². The van der Waals surface area contributed by atoms with E-state index in [1.807, 2.05) is 35.2 Å². The van der Waals surface area contributed by atoms with Gasteiger partial charge >= 0.3 is 0 Å². The predicted molar refractivity (Wildman–Crippen MR) is 158 cm³/mol. The normalized spacial score (nSPS) is 14.3. The summed E-state index contributed by atoms with van der Waals surface area (Å²) in [4.78, 5) is 29.4. The van der Waals surface area contributed by atoms with E-state index < -0.39 is 6.04 Å². The molecule has 0 heterocycles. The molecule has 0 bridgehead atoms. The summed E-state index contributed by atoms with van der Waals surface area (Å²) in [5, 5.41) is 3.28. The molecule has 4 nitrogen and oxygen atoms in total. The van der Waals surface area contributed by atoms with Crippen LogP contribution in [0.25, 0.3) is 0 Å². The first kappa shape index (κ1) is 28.0. The van der Waals surface area contributed by atoms with Gasteiger partial charge in [-0.15, -0.1) is 11.8 Å². The second-order valence-electron chi connectivity index (χ2n) is 10.7. The van der Waals surface area contributed by atoms with Crippen LogP contribution >= 0.6 is 11.8 Å². The molecule has 1 aliphatic rings. The van der Waals surface area contributed by atoms with E-state index in [-0.39, 0.29) is 17.9 Å². The largest absolute Gasteiger partial charge is 0.352 e. The predicted octanol–water partition coefficient (Wildman–Crippen LogP) is 6.54. The highest BCUT2D eigenvalue weighted by Gasteiger charge is 2.32. The van der Waals surface area contributed by atoms with E-state index in [1.165, 1.54) is 22.3 Å². The summed E-state index contributed by atoms with van der Waals surface area (Å²) in [5.74, 6) is 1.06. The highest BCUT2D eigenvalue weighted by molar-refractivity contribution is 7.99. The molecule has 200 valence electrons. The number of hydrogen-bond donors (Lipinski definition) is 1. The number of carbonyl (C=O) groups excluding carboxylic acids is 2. The van der Waals surface area contributed by atoms with Crippen molar-refractivity contribution >= 4 is 23.6 Å². The van der Waals surface area contributed by atoms with Gasteiger partial charge in [-0.2, -0.15) is 0 Å². The third-order valence-corrected chi connectivity index (χ3v) is 8.21. The molecule has 1 atom stereocenters. The lowest BCUT2D eigenvalue weighted by Crippen LogP contribution is -2.52. The summed E-state index contributed by atoms with van der Waals surface area (Å²) in [5.41, 5.74) is 6.97. The van der Waals surface area contributed by atoms with E-state index in [9.17, 15) is 9.59 Å². The minimum Gasteiger partial charge on any atom is -0.352 e. The molecular formula is C33H40N2O2S. The number of thioether (sulfide) groups is 1. The van der Waals surface area contributed by atoms with Crippen molar-refractivity contribution in [1.29, 1.82) is 0 Å². The minimum atomic E-state index is -0.561. The maximum absolute atomic E-state index is 13.8. The summed E-state index contributed by atoms with van der Waals surface area (Å²) in [6.45, 7) is 6.68. The zero-order chi connectivity index (χ0) is 26.9. The molecule has 0 unspecified atom stereocenters. The Kier molecular flexibility index (Phi) is 10.1. The number of carbonyl (C=O) groups is 2. The average Bonchev–Trinajstić information content (AvgIpc) is 3.40.